The van der Waals surface area contributed by atoms with Crippen molar-refractivity contribution < 1.29 is 9.90 Å². The summed E-state index contributed by atoms with van der Waals surface area (Å²) < 4.78 is 1.76. The summed E-state index contributed by atoms with van der Waals surface area (Å²) >= 11 is 1.11. The van der Waals surface area contributed by atoms with Gasteiger partial charge in [0.1, 0.15) is 0 Å². The highest BCUT2D eigenvalue weighted by Gasteiger charge is 2.19. The van der Waals surface area contributed by atoms with Crippen molar-refractivity contribution in [2.24, 2.45) is 0 Å². The Morgan fingerprint density at radius 1 is 1.45 bits per heavy atom. The number of hydrogen-bond donors (Lipinski definition) is 2. The van der Waals surface area contributed by atoms with Gasteiger partial charge in [0.15, 0.2) is 5.16 Å². The van der Waals surface area contributed by atoms with Gasteiger partial charge in [0.2, 0.25) is 5.95 Å². The molecule has 0 amide bonds. The van der Waals surface area contributed by atoms with Crippen LogP contribution in [0.2, 0.25) is 0 Å². The summed E-state index contributed by atoms with van der Waals surface area (Å²) in [6.45, 7) is 4.02. The molecule has 0 fully saturated rings. The van der Waals surface area contributed by atoms with Crippen molar-refractivity contribution in [2.75, 3.05) is 11.5 Å². The van der Waals surface area contributed by atoms with Gasteiger partial charge in [0.25, 0.3) is 0 Å². The number of aryl methyl sites for hydroxylation is 1. The van der Waals surface area contributed by atoms with E-state index in [0.29, 0.717) is 5.16 Å². The molecule has 0 bridgehead atoms. The van der Waals surface area contributed by atoms with Gasteiger partial charge in [-0.25, -0.2) is 0 Å². The highest BCUT2D eigenvalue weighted by molar-refractivity contribution is 7.99. The van der Waals surface area contributed by atoms with Crippen molar-refractivity contribution >= 4 is 23.7 Å². The smallest absolute Gasteiger partial charge is 0.313 e. The topological polar surface area (TPSA) is 94.0 Å². The quantitative estimate of drug-likeness (QED) is 0.818. The molecule has 0 saturated carbocycles. The van der Waals surface area contributed by atoms with Crippen LogP contribution in [-0.4, -0.2) is 31.6 Å². The molecule has 1 aromatic heterocycles. The largest absolute Gasteiger partial charge is 0.481 e. The minimum atomic E-state index is -0.897. The molecule has 3 N–H and O–H groups in total. The summed E-state index contributed by atoms with van der Waals surface area (Å²) in [6.07, 6.45) is 0. The van der Waals surface area contributed by atoms with Crippen molar-refractivity contribution in [1.29, 1.82) is 0 Å². The molecule has 2 rings (SSSR count). The molecule has 0 spiro atoms. The Balaban J connectivity index is 2.34. The summed E-state index contributed by atoms with van der Waals surface area (Å²) in [5.41, 5.74) is 8.11. The number of carbonyl (C=O) groups is 1. The van der Waals surface area contributed by atoms with Crippen molar-refractivity contribution in [3.8, 4) is 0 Å². The van der Waals surface area contributed by atoms with E-state index in [1.54, 1.807) is 4.57 Å². The van der Waals surface area contributed by atoms with Crippen LogP contribution in [0.5, 0.6) is 0 Å². The molecular formula is C13H16N4O2S. The van der Waals surface area contributed by atoms with E-state index in [1.807, 2.05) is 38.1 Å². The molecule has 0 aliphatic carbocycles. The molecule has 20 heavy (non-hydrogen) atoms. The van der Waals surface area contributed by atoms with Gasteiger partial charge in [0.05, 0.1) is 11.8 Å². The zero-order valence-corrected chi connectivity index (χ0v) is 12.1. The van der Waals surface area contributed by atoms with Crippen LogP contribution in [0.25, 0.3) is 0 Å². The third-order valence-electron chi connectivity index (χ3n) is 3.04. The maximum Gasteiger partial charge on any atom is 0.313 e. The van der Waals surface area contributed by atoms with Crippen LogP contribution in [-0.2, 0) is 4.79 Å². The predicted molar refractivity (Wildman–Crippen MR) is 77.8 cm³/mol. The van der Waals surface area contributed by atoms with Gasteiger partial charge >= 0.3 is 5.97 Å². The number of nitrogens with zero attached hydrogens (tertiary/aromatic N) is 3. The number of nitrogen functional groups attached to an aromatic ring is 1. The van der Waals surface area contributed by atoms with Crippen LogP contribution >= 0.6 is 11.8 Å². The van der Waals surface area contributed by atoms with E-state index in [9.17, 15) is 4.79 Å². The van der Waals surface area contributed by atoms with Crippen LogP contribution in [0, 0.1) is 6.92 Å². The standard InChI is InChI=1S/C13H16N4O2S/c1-8-5-3-4-6-10(8)9(2)17-12(14)15-16-13(17)20-7-11(18)19/h3-6,9H,7H2,1-2H3,(H2,14,15)(H,18,19). The molecule has 1 atom stereocenters. The lowest BCUT2D eigenvalue weighted by Gasteiger charge is -2.18. The average molecular weight is 292 g/mol. The number of aromatic nitrogens is 3. The van der Waals surface area contributed by atoms with Crippen LogP contribution in [0.4, 0.5) is 5.95 Å². The number of nitrogens with two attached hydrogens (primary N) is 1. The van der Waals surface area contributed by atoms with Gasteiger partial charge < -0.3 is 10.8 Å². The van der Waals surface area contributed by atoms with E-state index in [-0.39, 0.29) is 17.7 Å². The molecule has 1 aromatic carbocycles. The van der Waals surface area contributed by atoms with Crippen LogP contribution in [0.3, 0.4) is 0 Å². The second kappa shape index (κ2) is 5.96. The number of carboxylic acid groups (broad SMARTS) is 1. The lowest BCUT2D eigenvalue weighted by molar-refractivity contribution is -0.133. The summed E-state index contributed by atoms with van der Waals surface area (Å²) in [7, 11) is 0. The fraction of sp³-hybridized carbons (Fsp3) is 0.308. The molecule has 7 heteroatoms. The Kier molecular flexibility index (Phi) is 4.29. The van der Waals surface area contributed by atoms with Crippen molar-refractivity contribution in [3.05, 3.63) is 35.4 Å². The van der Waals surface area contributed by atoms with Crippen molar-refractivity contribution in [1.82, 2.24) is 14.8 Å². The zero-order chi connectivity index (χ0) is 14.7. The maximum atomic E-state index is 10.7. The molecule has 6 nitrogen and oxygen atoms in total. The molecule has 1 heterocycles. The summed E-state index contributed by atoms with van der Waals surface area (Å²) in [6, 6.07) is 7.93. The Labute approximate surface area is 121 Å². The van der Waals surface area contributed by atoms with Crippen LogP contribution in [0.1, 0.15) is 24.1 Å². The number of thioether (sulfide) groups is 1. The fourth-order valence-electron chi connectivity index (χ4n) is 2.07. The van der Waals surface area contributed by atoms with E-state index in [1.165, 1.54) is 0 Å². The first-order valence-corrected chi connectivity index (χ1v) is 7.09. The predicted octanol–water partition coefficient (Wildman–Crippen LogP) is 1.95. The minimum absolute atomic E-state index is 0.0532. The van der Waals surface area contributed by atoms with Crippen molar-refractivity contribution in [3.63, 3.8) is 0 Å². The molecule has 106 valence electrons. The summed E-state index contributed by atoms with van der Waals surface area (Å²) in [4.78, 5) is 10.7. The number of hydrogen-bond acceptors (Lipinski definition) is 5. The average Bonchev–Trinajstić information content (AvgIpc) is 2.77. The Morgan fingerprint density at radius 2 is 2.15 bits per heavy atom. The first-order chi connectivity index (χ1) is 9.50. The minimum Gasteiger partial charge on any atom is -0.481 e. The lowest BCUT2D eigenvalue weighted by atomic mass is 10.0. The van der Waals surface area contributed by atoms with E-state index < -0.39 is 5.97 Å². The first-order valence-electron chi connectivity index (χ1n) is 6.11. The van der Waals surface area contributed by atoms with E-state index in [4.69, 9.17) is 10.8 Å². The van der Waals surface area contributed by atoms with Gasteiger partial charge in [-0.15, -0.1) is 10.2 Å². The van der Waals surface area contributed by atoms with Crippen LogP contribution < -0.4 is 5.73 Å². The lowest BCUT2D eigenvalue weighted by Crippen LogP contribution is -2.13. The number of aliphatic carboxylic acids is 1. The molecule has 0 saturated heterocycles. The molecule has 2 aromatic rings. The van der Waals surface area contributed by atoms with Crippen molar-refractivity contribution in [2.45, 2.75) is 25.0 Å². The number of carboxylic acids is 1. The Bertz CT molecular complexity index is 627. The highest BCUT2D eigenvalue weighted by Crippen LogP contribution is 2.28. The fourth-order valence-corrected chi connectivity index (χ4v) is 2.81. The number of anilines is 1. The van der Waals surface area contributed by atoms with Crippen LogP contribution in [0.15, 0.2) is 29.4 Å². The second-order valence-electron chi connectivity index (χ2n) is 4.43. The van der Waals surface area contributed by atoms with Gasteiger partial charge in [-0.2, -0.15) is 0 Å². The monoisotopic (exact) mass is 292 g/mol. The Morgan fingerprint density at radius 3 is 2.80 bits per heavy atom. The second-order valence-corrected chi connectivity index (χ2v) is 5.37. The highest BCUT2D eigenvalue weighted by atomic mass is 32.2. The summed E-state index contributed by atoms with van der Waals surface area (Å²) in [5.74, 6) is -0.682. The van der Waals surface area contributed by atoms with E-state index >= 15 is 0 Å². The van der Waals surface area contributed by atoms with Gasteiger partial charge in [-0.05, 0) is 25.0 Å². The molecule has 0 aliphatic heterocycles. The number of benzene rings is 1. The summed E-state index contributed by atoms with van der Waals surface area (Å²) in [5, 5.41) is 17.1. The molecule has 0 aliphatic rings. The normalized spacial score (nSPS) is 12.3. The Hall–Kier alpha value is -2.02. The molecule has 0 radical (unpaired) electrons. The van der Waals surface area contributed by atoms with E-state index in [0.717, 1.165) is 22.9 Å². The third kappa shape index (κ3) is 2.93. The first kappa shape index (κ1) is 14.4. The van der Waals surface area contributed by atoms with Gasteiger partial charge in [-0.1, -0.05) is 36.0 Å². The zero-order valence-electron chi connectivity index (χ0n) is 11.3. The van der Waals surface area contributed by atoms with Gasteiger partial charge in [-0.3, -0.25) is 9.36 Å². The molecular weight excluding hydrogens is 276 g/mol. The maximum absolute atomic E-state index is 10.7. The number of rotatable bonds is 5. The molecule has 1 unspecified atom stereocenters. The third-order valence-corrected chi connectivity index (χ3v) is 3.97. The SMILES string of the molecule is Cc1ccccc1C(C)n1c(N)nnc1SCC(=O)O. The van der Waals surface area contributed by atoms with Gasteiger partial charge in [0, 0.05) is 0 Å². The van der Waals surface area contributed by atoms with E-state index in [2.05, 4.69) is 10.2 Å².